The highest BCUT2D eigenvalue weighted by molar-refractivity contribution is 5.50. The van der Waals surface area contributed by atoms with Crippen LogP contribution in [0.25, 0.3) is 6.08 Å². The lowest BCUT2D eigenvalue weighted by Gasteiger charge is -1.98. The van der Waals surface area contributed by atoms with Gasteiger partial charge in [0.25, 0.3) is 0 Å². The van der Waals surface area contributed by atoms with Crippen molar-refractivity contribution >= 4 is 6.08 Å². The number of hydrogen-bond donors (Lipinski definition) is 1. The van der Waals surface area contributed by atoms with Crippen LogP contribution in [0.4, 0.5) is 0 Å². The van der Waals surface area contributed by atoms with E-state index in [1.54, 1.807) is 14.2 Å². The maximum Gasteiger partial charge on any atom is 0.118 e. The van der Waals surface area contributed by atoms with Crippen molar-refractivity contribution in [3.63, 3.8) is 0 Å². The first-order chi connectivity index (χ1) is 10.2. The molecule has 0 fully saturated rings. The minimum atomic E-state index is 0.0873. The van der Waals surface area contributed by atoms with Gasteiger partial charge in [-0.3, -0.25) is 0 Å². The van der Waals surface area contributed by atoms with Crippen LogP contribution >= 0.6 is 0 Å². The number of hydrogen-bond acceptors (Lipinski definition) is 3. The summed E-state index contributed by atoms with van der Waals surface area (Å²) in [5.74, 6) is 1.72. The van der Waals surface area contributed by atoms with E-state index < -0.39 is 0 Å². The van der Waals surface area contributed by atoms with Crippen LogP contribution in [0.2, 0.25) is 0 Å². The molecule has 0 atom stereocenters. The molecule has 3 nitrogen and oxygen atoms in total. The standard InChI is InChI=1S/C10H12O.C8H10O2/c1-3-4-9-5-7-10(11-2)8-6-9;1-10-8-4-2-7(6-9)3-5-8/h3-8H,1-2H3;2-5,9H,6H2,1H3. The number of allylic oxidation sites excluding steroid dienone is 1. The van der Waals surface area contributed by atoms with Gasteiger partial charge in [0.15, 0.2) is 0 Å². The third kappa shape index (κ3) is 6.15. The number of aliphatic hydroxyl groups excluding tert-OH is 1. The Morgan fingerprint density at radius 1 is 0.857 bits per heavy atom. The summed E-state index contributed by atoms with van der Waals surface area (Å²) in [5, 5.41) is 8.66. The maximum absolute atomic E-state index is 8.66. The summed E-state index contributed by atoms with van der Waals surface area (Å²) >= 11 is 0. The Kier molecular flexibility index (Phi) is 7.69. The number of benzene rings is 2. The zero-order valence-electron chi connectivity index (χ0n) is 12.7. The van der Waals surface area contributed by atoms with E-state index in [0.29, 0.717) is 0 Å². The Hall–Kier alpha value is -2.26. The van der Waals surface area contributed by atoms with E-state index in [0.717, 1.165) is 17.1 Å². The lowest BCUT2D eigenvalue weighted by atomic mass is 10.2. The molecule has 0 aliphatic rings. The molecule has 2 aromatic rings. The molecule has 0 spiro atoms. The van der Waals surface area contributed by atoms with Gasteiger partial charge in [0, 0.05) is 0 Å². The molecule has 1 N–H and O–H groups in total. The maximum atomic E-state index is 8.66. The summed E-state index contributed by atoms with van der Waals surface area (Å²) in [4.78, 5) is 0. The van der Waals surface area contributed by atoms with Crippen molar-refractivity contribution in [1.82, 2.24) is 0 Å². The molecule has 0 saturated carbocycles. The molecule has 21 heavy (non-hydrogen) atoms. The second-order valence-electron chi connectivity index (χ2n) is 4.28. The average Bonchev–Trinajstić information content (AvgIpc) is 2.56. The van der Waals surface area contributed by atoms with Gasteiger partial charge in [-0.2, -0.15) is 0 Å². The van der Waals surface area contributed by atoms with E-state index in [9.17, 15) is 0 Å². The first kappa shape index (κ1) is 16.8. The van der Waals surface area contributed by atoms with Gasteiger partial charge in [-0.05, 0) is 42.3 Å². The van der Waals surface area contributed by atoms with Crippen LogP contribution in [0.5, 0.6) is 11.5 Å². The van der Waals surface area contributed by atoms with E-state index >= 15 is 0 Å². The number of methoxy groups -OCH3 is 2. The highest BCUT2D eigenvalue weighted by Crippen LogP contribution is 2.12. The fourth-order valence-corrected chi connectivity index (χ4v) is 1.64. The van der Waals surface area contributed by atoms with Gasteiger partial charge in [-0.1, -0.05) is 36.4 Å². The SMILES string of the molecule is CC=Cc1ccc(OC)cc1.COc1ccc(CO)cc1. The van der Waals surface area contributed by atoms with Gasteiger partial charge in [-0.15, -0.1) is 0 Å². The Labute approximate surface area is 126 Å². The quantitative estimate of drug-likeness (QED) is 0.926. The van der Waals surface area contributed by atoms with Gasteiger partial charge in [0.2, 0.25) is 0 Å². The molecular weight excluding hydrogens is 264 g/mol. The van der Waals surface area contributed by atoms with Gasteiger partial charge in [0.05, 0.1) is 20.8 Å². The zero-order chi connectivity index (χ0) is 15.5. The zero-order valence-corrected chi connectivity index (χ0v) is 12.7. The lowest BCUT2D eigenvalue weighted by molar-refractivity contribution is 0.281. The molecule has 0 amide bonds. The summed E-state index contributed by atoms with van der Waals surface area (Å²) in [5.41, 5.74) is 2.11. The van der Waals surface area contributed by atoms with Crippen molar-refractivity contribution < 1.29 is 14.6 Å². The number of aliphatic hydroxyl groups is 1. The fourth-order valence-electron chi connectivity index (χ4n) is 1.64. The summed E-state index contributed by atoms with van der Waals surface area (Å²) in [6, 6.07) is 15.3. The Morgan fingerprint density at radius 2 is 1.33 bits per heavy atom. The van der Waals surface area contributed by atoms with Crippen molar-refractivity contribution in [3.05, 3.63) is 65.7 Å². The minimum Gasteiger partial charge on any atom is -0.497 e. The highest BCUT2D eigenvalue weighted by atomic mass is 16.5. The average molecular weight is 286 g/mol. The molecule has 0 saturated heterocycles. The van der Waals surface area contributed by atoms with Crippen molar-refractivity contribution in [2.24, 2.45) is 0 Å². The van der Waals surface area contributed by atoms with Crippen LogP contribution in [0.3, 0.4) is 0 Å². The fraction of sp³-hybridized carbons (Fsp3) is 0.222. The summed E-state index contributed by atoms with van der Waals surface area (Å²) in [6.07, 6.45) is 4.07. The van der Waals surface area contributed by atoms with Crippen molar-refractivity contribution in [3.8, 4) is 11.5 Å². The molecule has 3 heteroatoms. The molecule has 2 rings (SSSR count). The first-order valence-corrected chi connectivity index (χ1v) is 6.74. The second kappa shape index (κ2) is 9.61. The van der Waals surface area contributed by atoms with Crippen LogP contribution in [0, 0.1) is 0 Å². The number of ether oxygens (including phenoxy) is 2. The van der Waals surface area contributed by atoms with E-state index in [2.05, 4.69) is 6.08 Å². The van der Waals surface area contributed by atoms with Crippen LogP contribution in [-0.2, 0) is 6.61 Å². The third-order valence-corrected chi connectivity index (χ3v) is 2.82. The Balaban J connectivity index is 0.000000211. The Morgan fingerprint density at radius 3 is 1.71 bits per heavy atom. The molecule has 0 bridgehead atoms. The number of rotatable bonds is 4. The monoisotopic (exact) mass is 286 g/mol. The topological polar surface area (TPSA) is 38.7 Å². The van der Waals surface area contributed by atoms with Crippen molar-refractivity contribution in [2.75, 3.05) is 14.2 Å². The molecule has 2 aromatic carbocycles. The van der Waals surface area contributed by atoms with E-state index in [1.165, 1.54) is 5.56 Å². The van der Waals surface area contributed by atoms with Gasteiger partial charge >= 0.3 is 0 Å². The van der Waals surface area contributed by atoms with E-state index in [1.807, 2.05) is 61.5 Å². The molecular formula is C18H22O3. The highest BCUT2D eigenvalue weighted by Gasteiger charge is 1.90. The smallest absolute Gasteiger partial charge is 0.118 e. The van der Waals surface area contributed by atoms with Crippen molar-refractivity contribution in [1.29, 1.82) is 0 Å². The van der Waals surface area contributed by atoms with Gasteiger partial charge in [0.1, 0.15) is 11.5 Å². The molecule has 0 aromatic heterocycles. The molecule has 0 heterocycles. The summed E-state index contributed by atoms with van der Waals surface area (Å²) < 4.78 is 9.96. The summed E-state index contributed by atoms with van der Waals surface area (Å²) in [7, 11) is 3.29. The van der Waals surface area contributed by atoms with E-state index in [-0.39, 0.29) is 6.61 Å². The predicted octanol–water partition coefficient (Wildman–Crippen LogP) is 3.92. The van der Waals surface area contributed by atoms with E-state index in [4.69, 9.17) is 14.6 Å². The second-order valence-corrected chi connectivity index (χ2v) is 4.28. The van der Waals surface area contributed by atoms with Crippen LogP contribution in [0.1, 0.15) is 18.1 Å². The van der Waals surface area contributed by atoms with Gasteiger partial charge < -0.3 is 14.6 Å². The van der Waals surface area contributed by atoms with Crippen LogP contribution in [0.15, 0.2) is 54.6 Å². The molecule has 0 radical (unpaired) electrons. The predicted molar refractivity (Wildman–Crippen MR) is 86.6 cm³/mol. The third-order valence-electron chi connectivity index (χ3n) is 2.82. The molecule has 0 unspecified atom stereocenters. The van der Waals surface area contributed by atoms with Crippen molar-refractivity contribution in [2.45, 2.75) is 13.5 Å². The lowest BCUT2D eigenvalue weighted by Crippen LogP contribution is -1.84. The molecule has 0 aliphatic carbocycles. The Bertz CT molecular complexity index is 504. The minimum absolute atomic E-state index is 0.0873. The largest absolute Gasteiger partial charge is 0.497 e. The van der Waals surface area contributed by atoms with Gasteiger partial charge in [-0.25, -0.2) is 0 Å². The molecule has 0 aliphatic heterocycles. The normalized spacial score (nSPS) is 9.90. The van der Waals surface area contributed by atoms with Crippen LogP contribution < -0.4 is 9.47 Å². The molecule has 112 valence electrons. The first-order valence-electron chi connectivity index (χ1n) is 6.74. The van der Waals surface area contributed by atoms with Crippen LogP contribution in [-0.4, -0.2) is 19.3 Å². The summed E-state index contributed by atoms with van der Waals surface area (Å²) in [6.45, 7) is 2.09.